The minimum Gasteiger partial charge on any atom is -0.508 e. The average Bonchev–Trinajstić information content (AvgIpc) is 3.25. The van der Waals surface area contributed by atoms with Gasteiger partial charge in [0.1, 0.15) is 24.2 Å². The molecule has 1 heterocycles. The molecule has 3 rings (SSSR count). The molecule has 2 aromatic carbocycles. The molecule has 1 atom stereocenters. The molecule has 3 heteroatoms. The van der Waals surface area contributed by atoms with Crippen LogP contribution in [-0.2, 0) is 11.2 Å². The Bertz CT molecular complexity index is 527. The monoisotopic (exact) mass is 256 g/mol. The van der Waals surface area contributed by atoms with Crippen LogP contribution >= 0.6 is 0 Å². The van der Waals surface area contributed by atoms with Gasteiger partial charge in [-0.05, 0) is 41.8 Å². The Kier molecular flexibility index (Phi) is 3.38. The van der Waals surface area contributed by atoms with Gasteiger partial charge in [0, 0.05) is 0 Å². The van der Waals surface area contributed by atoms with Gasteiger partial charge in [-0.2, -0.15) is 0 Å². The average molecular weight is 256 g/mol. The Hall–Kier alpha value is -2.00. The van der Waals surface area contributed by atoms with E-state index < -0.39 is 0 Å². The summed E-state index contributed by atoms with van der Waals surface area (Å²) in [5.41, 5.74) is 2.40. The van der Waals surface area contributed by atoms with Crippen LogP contribution in [0.25, 0.3) is 0 Å². The molecule has 19 heavy (non-hydrogen) atoms. The van der Waals surface area contributed by atoms with E-state index in [4.69, 9.17) is 9.47 Å². The van der Waals surface area contributed by atoms with Gasteiger partial charge in [-0.25, -0.2) is 0 Å². The zero-order chi connectivity index (χ0) is 13.1. The van der Waals surface area contributed by atoms with E-state index in [9.17, 15) is 5.11 Å². The Morgan fingerprint density at radius 3 is 2.16 bits per heavy atom. The van der Waals surface area contributed by atoms with Crippen molar-refractivity contribution in [3.63, 3.8) is 0 Å². The molecule has 1 aliphatic rings. The van der Waals surface area contributed by atoms with Gasteiger partial charge in [-0.3, -0.25) is 0 Å². The summed E-state index contributed by atoms with van der Waals surface area (Å²) in [6.45, 7) is 1.45. The van der Waals surface area contributed by atoms with Crippen molar-refractivity contribution in [3.05, 3.63) is 59.7 Å². The summed E-state index contributed by atoms with van der Waals surface area (Å²) in [5, 5.41) is 9.24. The Morgan fingerprint density at radius 1 is 1.00 bits per heavy atom. The Morgan fingerprint density at radius 2 is 1.58 bits per heavy atom. The van der Waals surface area contributed by atoms with Crippen molar-refractivity contribution in [2.75, 3.05) is 13.2 Å². The van der Waals surface area contributed by atoms with Crippen molar-refractivity contribution >= 4 is 0 Å². The summed E-state index contributed by atoms with van der Waals surface area (Å²) >= 11 is 0. The molecule has 98 valence electrons. The van der Waals surface area contributed by atoms with Gasteiger partial charge >= 0.3 is 0 Å². The number of benzene rings is 2. The fourth-order valence-electron chi connectivity index (χ4n) is 1.91. The van der Waals surface area contributed by atoms with E-state index in [2.05, 4.69) is 12.1 Å². The zero-order valence-electron chi connectivity index (χ0n) is 10.6. The fraction of sp³-hybridized carbons (Fsp3) is 0.250. The van der Waals surface area contributed by atoms with Gasteiger partial charge in [-0.1, -0.05) is 24.3 Å². The van der Waals surface area contributed by atoms with Crippen molar-refractivity contribution in [3.8, 4) is 11.5 Å². The first-order valence-corrected chi connectivity index (χ1v) is 6.41. The number of hydrogen-bond donors (Lipinski definition) is 1. The number of phenols is 1. The van der Waals surface area contributed by atoms with Gasteiger partial charge in [0.15, 0.2) is 0 Å². The van der Waals surface area contributed by atoms with Crippen LogP contribution in [0, 0.1) is 0 Å². The normalized spacial score (nSPS) is 17.2. The highest BCUT2D eigenvalue weighted by Crippen LogP contribution is 2.18. The molecule has 1 unspecified atom stereocenters. The molecule has 0 aromatic heterocycles. The van der Waals surface area contributed by atoms with Crippen LogP contribution in [0.15, 0.2) is 48.5 Å². The highest BCUT2D eigenvalue weighted by atomic mass is 16.6. The van der Waals surface area contributed by atoms with E-state index in [0.717, 1.165) is 18.8 Å². The third-order valence-corrected chi connectivity index (χ3v) is 3.11. The molecule has 1 N–H and O–H groups in total. The van der Waals surface area contributed by atoms with E-state index in [1.54, 1.807) is 12.1 Å². The van der Waals surface area contributed by atoms with Crippen molar-refractivity contribution in [2.45, 2.75) is 12.5 Å². The lowest BCUT2D eigenvalue weighted by Crippen LogP contribution is -2.03. The van der Waals surface area contributed by atoms with Gasteiger partial charge < -0.3 is 14.6 Å². The first kappa shape index (κ1) is 12.1. The van der Waals surface area contributed by atoms with E-state index in [1.807, 2.05) is 24.3 Å². The summed E-state index contributed by atoms with van der Waals surface area (Å²) in [6, 6.07) is 15.4. The van der Waals surface area contributed by atoms with E-state index in [1.165, 1.54) is 11.1 Å². The van der Waals surface area contributed by atoms with Gasteiger partial charge in [0.2, 0.25) is 0 Å². The van der Waals surface area contributed by atoms with Crippen molar-refractivity contribution in [1.82, 2.24) is 0 Å². The van der Waals surface area contributed by atoms with Crippen molar-refractivity contribution in [2.24, 2.45) is 0 Å². The van der Waals surface area contributed by atoms with Crippen LogP contribution < -0.4 is 4.74 Å². The third-order valence-electron chi connectivity index (χ3n) is 3.11. The first-order chi connectivity index (χ1) is 9.29. The summed E-state index contributed by atoms with van der Waals surface area (Å²) in [5.74, 6) is 1.18. The molecular formula is C16H16O3. The molecule has 0 spiro atoms. The minimum absolute atomic E-state index is 0.289. The largest absolute Gasteiger partial charge is 0.508 e. The topological polar surface area (TPSA) is 42.0 Å². The number of epoxide rings is 1. The maximum Gasteiger partial charge on any atom is 0.119 e. The van der Waals surface area contributed by atoms with Crippen LogP contribution in [0.1, 0.15) is 11.1 Å². The SMILES string of the molecule is Oc1ccc(Cc2ccc(OCC3CO3)cc2)cc1. The second kappa shape index (κ2) is 5.33. The lowest BCUT2D eigenvalue weighted by atomic mass is 10.0. The fourth-order valence-corrected chi connectivity index (χ4v) is 1.91. The molecule has 0 aliphatic carbocycles. The van der Waals surface area contributed by atoms with Gasteiger partial charge in [0.05, 0.1) is 6.61 Å². The quantitative estimate of drug-likeness (QED) is 0.836. The Labute approximate surface area is 112 Å². The summed E-state index contributed by atoms with van der Waals surface area (Å²) in [7, 11) is 0. The lowest BCUT2D eigenvalue weighted by molar-refractivity contribution is 0.263. The van der Waals surface area contributed by atoms with Crippen LogP contribution in [0.2, 0.25) is 0 Å². The molecule has 0 saturated carbocycles. The molecule has 1 aliphatic heterocycles. The number of hydrogen-bond acceptors (Lipinski definition) is 3. The highest BCUT2D eigenvalue weighted by Gasteiger charge is 2.22. The zero-order valence-corrected chi connectivity index (χ0v) is 10.6. The standard InChI is InChI=1S/C16H16O3/c17-14-5-1-12(2-6-14)9-13-3-7-15(8-4-13)18-10-16-11-19-16/h1-8,16-17H,9-11H2. The number of rotatable bonds is 5. The van der Waals surface area contributed by atoms with E-state index in [0.29, 0.717) is 12.4 Å². The van der Waals surface area contributed by atoms with E-state index in [-0.39, 0.29) is 6.10 Å². The molecule has 0 amide bonds. The van der Waals surface area contributed by atoms with Gasteiger partial charge in [-0.15, -0.1) is 0 Å². The highest BCUT2D eigenvalue weighted by molar-refractivity contribution is 5.33. The molecule has 0 bridgehead atoms. The Balaban J connectivity index is 1.59. The van der Waals surface area contributed by atoms with Gasteiger partial charge in [0.25, 0.3) is 0 Å². The van der Waals surface area contributed by atoms with Crippen molar-refractivity contribution in [1.29, 1.82) is 0 Å². The number of aromatic hydroxyl groups is 1. The summed E-state index contributed by atoms with van der Waals surface area (Å²) < 4.78 is 10.7. The predicted molar refractivity (Wildman–Crippen MR) is 72.6 cm³/mol. The second-order valence-electron chi connectivity index (χ2n) is 4.75. The van der Waals surface area contributed by atoms with Crippen LogP contribution in [-0.4, -0.2) is 24.4 Å². The predicted octanol–water partition coefficient (Wildman–Crippen LogP) is 2.76. The second-order valence-corrected chi connectivity index (χ2v) is 4.75. The molecule has 2 aromatic rings. The molecule has 3 nitrogen and oxygen atoms in total. The minimum atomic E-state index is 0.289. The van der Waals surface area contributed by atoms with Crippen molar-refractivity contribution < 1.29 is 14.6 Å². The molecular weight excluding hydrogens is 240 g/mol. The maximum absolute atomic E-state index is 9.24. The molecule has 1 saturated heterocycles. The smallest absolute Gasteiger partial charge is 0.119 e. The van der Waals surface area contributed by atoms with Crippen LogP contribution in [0.3, 0.4) is 0 Å². The summed E-state index contributed by atoms with van der Waals surface area (Å²) in [6.07, 6.45) is 1.14. The van der Waals surface area contributed by atoms with Crippen LogP contribution in [0.4, 0.5) is 0 Å². The molecule has 1 fully saturated rings. The molecule has 0 radical (unpaired) electrons. The lowest BCUT2D eigenvalue weighted by Gasteiger charge is -2.06. The number of phenolic OH excluding ortho intramolecular Hbond substituents is 1. The maximum atomic E-state index is 9.24. The van der Waals surface area contributed by atoms with Crippen LogP contribution in [0.5, 0.6) is 11.5 Å². The van der Waals surface area contributed by atoms with E-state index >= 15 is 0 Å². The number of ether oxygens (including phenoxy) is 2. The third kappa shape index (κ3) is 3.48. The first-order valence-electron chi connectivity index (χ1n) is 6.41. The summed E-state index contributed by atoms with van der Waals surface area (Å²) in [4.78, 5) is 0.